The standard InChI is InChI=1S/C17H13N3O8/c1-26-9-3-5-13(27-2)12(8-9)19-16(22)11(15(21)18-17(19)23)7-10-4-6-14(28-10)20(24)25/h3-8H,1-2H3,(H,18,21,23)/b11-7+. The quantitative estimate of drug-likeness (QED) is 0.355. The van der Waals surface area contributed by atoms with E-state index in [0.29, 0.717) is 10.6 Å². The number of nitro groups is 1. The Morgan fingerprint density at radius 1 is 1.14 bits per heavy atom. The van der Waals surface area contributed by atoms with Gasteiger partial charge in [0.2, 0.25) is 0 Å². The van der Waals surface area contributed by atoms with Gasteiger partial charge in [0.1, 0.15) is 27.8 Å². The van der Waals surface area contributed by atoms with Gasteiger partial charge in [0, 0.05) is 6.07 Å². The number of carbonyl (C=O) groups is 3. The van der Waals surface area contributed by atoms with Gasteiger partial charge in [-0.05, 0) is 24.3 Å². The van der Waals surface area contributed by atoms with Crippen molar-refractivity contribution < 1.29 is 33.2 Å². The summed E-state index contributed by atoms with van der Waals surface area (Å²) in [6.07, 6.45) is 1.01. The number of hydrogen-bond donors (Lipinski definition) is 1. The predicted octanol–water partition coefficient (Wildman–Crippen LogP) is 1.87. The Labute approximate surface area is 157 Å². The van der Waals surface area contributed by atoms with E-state index in [4.69, 9.17) is 13.9 Å². The summed E-state index contributed by atoms with van der Waals surface area (Å²) in [5, 5.41) is 12.7. The number of benzene rings is 1. The van der Waals surface area contributed by atoms with Crippen LogP contribution in [-0.2, 0) is 9.59 Å². The number of hydrogen-bond acceptors (Lipinski definition) is 8. The zero-order chi connectivity index (χ0) is 20.4. The Hall–Kier alpha value is -4.15. The van der Waals surface area contributed by atoms with Crippen molar-refractivity contribution >= 4 is 35.5 Å². The van der Waals surface area contributed by atoms with Crippen molar-refractivity contribution in [3.8, 4) is 11.5 Å². The lowest BCUT2D eigenvalue weighted by Gasteiger charge is -2.27. The molecule has 2 aromatic rings. The highest BCUT2D eigenvalue weighted by Gasteiger charge is 2.38. The van der Waals surface area contributed by atoms with Gasteiger partial charge in [-0.15, -0.1) is 0 Å². The van der Waals surface area contributed by atoms with Gasteiger partial charge < -0.3 is 13.9 Å². The van der Waals surface area contributed by atoms with Crippen molar-refractivity contribution in [3.63, 3.8) is 0 Å². The number of furan rings is 1. The predicted molar refractivity (Wildman–Crippen MR) is 93.9 cm³/mol. The van der Waals surface area contributed by atoms with Crippen molar-refractivity contribution in [1.29, 1.82) is 0 Å². The molecular formula is C17H13N3O8. The number of amides is 4. The highest BCUT2D eigenvalue weighted by molar-refractivity contribution is 6.39. The number of urea groups is 1. The fourth-order valence-corrected chi connectivity index (χ4v) is 2.51. The molecule has 0 unspecified atom stereocenters. The maximum absolute atomic E-state index is 12.9. The first kappa shape index (κ1) is 18.6. The molecule has 0 bridgehead atoms. The van der Waals surface area contributed by atoms with Gasteiger partial charge in [-0.1, -0.05) is 0 Å². The van der Waals surface area contributed by atoms with Crippen LogP contribution in [-0.4, -0.2) is 37.0 Å². The van der Waals surface area contributed by atoms with Crippen LogP contribution in [0.15, 0.2) is 40.3 Å². The van der Waals surface area contributed by atoms with Gasteiger partial charge in [-0.2, -0.15) is 0 Å². The highest BCUT2D eigenvalue weighted by Crippen LogP contribution is 2.34. The molecule has 3 rings (SSSR count). The first-order valence-corrected chi connectivity index (χ1v) is 7.73. The average Bonchev–Trinajstić information content (AvgIpc) is 3.14. The van der Waals surface area contributed by atoms with Crippen LogP contribution in [0.3, 0.4) is 0 Å². The maximum atomic E-state index is 12.9. The smallest absolute Gasteiger partial charge is 0.433 e. The fraction of sp³-hybridized carbons (Fsp3) is 0.118. The number of rotatable bonds is 5. The third-order valence-electron chi connectivity index (χ3n) is 3.81. The van der Waals surface area contributed by atoms with Crippen molar-refractivity contribution in [2.45, 2.75) is 0 Å². The van der Waals surface area contributed by atoms with Crippen LogP contribution in [0.5, 0.6) is 11.5 Å². The van der Waals surface area contributed by atoms with Gasteiger partial charge in [-0.25, -0.2) is 9.69 Å². The summed E-state index contributed by atoms with van der Waals surface area (Å²) < 4.78 is 15.2. The zero-order valence-electron chi connectivity index (χ0n) is 14.6. The van der Waals surface area contributed by atoms with E-state index < -0.39 is 34.2 Å². The monoisotopic (exact) mass is 387 g/mol. The van der Waals surface area contributed by atoms with E-state index in [1.807, 2.05) is 5.32 Å². The summed E-state index contributed by atoms with van der Waals surface area (Å²) in [6, 6.07) is 5.76. The third kappa shape index (κ3) is 3.28. The third-order valence-corrected chi connectivity index (χ3v) is 3.81. The molecule has 0 radical (unpaired) electrons. The molecule has 1 aromatic heterocycles. The molecule has 0 atom stereocenters. The van der Waals surface area contributed by atoms with Gasteiger partial charge in [-0.3, -0.25) is 25.0 Å². The molecule has 11 heteroatoms. The van der Waals surface area contributed by atoms with Gasteiger partial charge >= 0.3 is 11.9 Å². The number of nitrogens with one attached hydrogen (secondary N) is 1. The molecule has 0 saturated carbocycles. The average molecular weight is 387 g/mol. The van der Waals surface area contributed by atoms with Crippen LogP contribution < -0.4 is 19.7 Å². The summed E-state index contributed by atoms with van der Waals surface area (Å²) in [5.41, 5.74) is -0.401. The summed E-state index contributed by atoms with van der Waals surface area (Å²) in [6.45, 7) is 0. The van der Waals surface area contributed by atoms with Crippen molar-refractivity contribution in [3.05, 3.63) is 51.8 Å². The largest absolute Gasteiger partial charge is 0.497 e. The number of imide groups is 2. The topological polar surface area (TPSA) is 141 Å². The van der Waals surface area contributed by atoms with Gasteiger partial charge in [0.25, 0.3) is 11.8 Å². The van der Waals surface area contributed by atoms with E-state index in [9.17, 15) is 24.5 Å². The van der Waals surface area contributed by atoms with Crippen LogP contribution in [0.25, 0.3) is 6.08 Å². The second kappa shape index (κ2) is 7.23. The number of nitrogens with zero attached hydrogens (tertiary/aromatic N) is 2. The summed E-state index contributed by atoms with van der Waals surface area (Å²) in [7, 11) is 2.75. The van der Waals surface area contributed by atoms with E-state index in [1.165, 1.54) is 32.4 Å². The van der Waals surface area contributed by atoms with Gasteiger partial charge in [0.15, 0.2) is 0 Å². The lowest BCUT2D eigenvalue weighted by Crippen LogP contribution is -2.54. The first-order valence-electron chi connectivity index (χ1n) is 7.73. The second-order valence-corrected chi connectivity index (χ2v) is 5.43. The Bertz CT molecular complexity index is 1020. The molecule has 1 aliphatic rings. The number of ether oxygens (including phenoxy) is 2. The molecule has 0 aliphatic carbocycles. The summed E-state index contributed by atoms with van der Waals surface area (Å²) in [4.78, 5) is 48.0. The SMILES string of the molecule is COc1ccc(OC)c(N2C(=O)NC(=O)/C(=C\c3ccc([N+](=O)[O-])o3)C2=O)c1. The maximum Gasteiger partial charge on any atom is 0.433 e. The molecular weight excluding hydrogens is 374 g/mol. The molecule has 144 valence electrons. The minimum Gasteiger partial charge on any atom is -0.497 e. The minimum atomic E-state index is -0.982. The first-order chi connectivity index (χ1) is 13.3. The summed E-state index contributed by atoms with van der Waals surface area (Å²) >= 11 is 0. The number of anilines is 1. The number of carbonyl (C=O) groups excluding carboxylic acids is 3. The molecule has 1 N–H and O–H groups in total. The van der Waals surface area contributed by atoms with Crippen LogP contribution in [0, 0.1) is 10.1 Å². The Balaban J connectivity index is 2.05. The van der Waals surface area contributed by atoms with Crippen LogP contribution >= 0.6 is 0 Å². The van der Waals surface area contributed by atoms with E-state index in [2.05, 4.69) is 0 Å². The Kier molecular flexibility index (Phi) is 4.81. The number of methoxy groups -OCH3 is 2. The van der Waals surface area contributed by atoms with Gasteiger partial charge in [0.05, 0.1) is 26.0 Å². The molecule has 4 amide bonds. The highest BCUT2D eigenvalue weighted by atomic mass is 16.6. The normalized spacial score (nSPS) is 15.6. The van der Waals surface area contributed by atoms with Crippen molar-refractivity contribution in [1.82, 2.24) is 5.32 Å². The molecule has 1 saturated heterocycles. The second-order valence-electron chi connectivity index (χ2n) is 5.43. The Morgan fingerprint density at radius 3 is 2.50 bits per heavy atom. The van der Waals surface area contributed by atoms with Crippen molar-refractivity contribution in [2.24, 2.45) is 0 Å². The lowest BCUT2D eigenvalue weighted by atomic mass is 10.1. The van der Waals surface area contributed by atoms with Crippen molar-refractivity contribution in [2.75, 3.05) is 19.1 Å². The molecule has 1 aromatic carbocycles. The van der Waals surface area contributed by atoms with Crippen LogP contribution in [0.4, 0.5) is 16.4 Å². The van der Waals surface area contributed by atoms with Crippen LogP contribution in [0.2, 0.25) is 0 Å². The van der Waals surface area contributed by atoms with E-state index >= 15 is 0 Å². The van der Waals surface area contributed by atoms with Crippen LogP contribution in [0.1, 0.15) is 5.76 Å². The number of barbiturate groups is 1. The molecule has 0 spiro atoms. The molecule has 28 heavy (non-hydrogen) atoms. The molecule has 1 aliphatic heterocycles. The van der Waals surface area contributed by atoms with E-state index in [-0.39, 0.29) is 17.2 Å². The van der Waals surface area contributed by atoms with E-state index in [1.54, 1.807) is 6.07 Å². The summed E-state index contributed by atoms with van der Waals surface area (Å²) in [5.74, 6) is -2.05. The molecule has 1 fully saturated rings. The lowest BCUT2D eigenvalue weighted by molar-refractivity contribution is -0.402. The molecule has 11 nitrogen and oxygen atoms in total. The van der Waals surface area contributed by atoms with E-state index in [0.717, 1.165) is 12.1 Å². The molecule has 2 heterocycles. The Morgan fingerprint density at radius 2 is 1.89 bits per heavy atom. The minimum absolute atomic E-state index is 0.0492. The zero-order valence-corrected chi connectivity index (χ0v) is 14.6. The fourth-order valence-electron chi connectivity index (χ4n) is 2.51.